The lowest BCUT2D eigenvalue weighted by Gasteiger charge is -2.17. The molecule has 0 saturated heterocycles. The van der Waals surface area contributed by atoms with Gasteiger partial charge in [0.15, 0.2) is 5.82 Å². The van der Waals surface area contributed by atoms with Crippen molar-refractivity contribution in [2.45, 2.75) is 20.8 Å². The number of rotatable bonds is 4. The van der Waals surface area contributed by atoms with Gasteiger partial charge in [0.05, 0.1) is 11.9 Å². The molecule has 3 aromatic rings. The highest BCUT2D eigenvalue weighted by atomic mass is 32.1. The lowest BCUT2D eigenvalue weighted by molar-refractivity contribution is -0.116. The molecule has 0 bridgehead atoms. The number of hydrogen-bond acceptors (Lipinski definition) is 7. The second-order valence-corrected chi connectivity index (χ2v) is 6.40. The second-order valence-electron chi connectivity index (χ2n) is 5.65. The number of pyridine rings is 2. The van der Waals surface area contributed by atoms with Gasteiger partial charge in [-0.3, -0.25) is 9.78 Å². The summed E-state index contributed by atoms with van der Waals surface area (Å²) in [5.74, 6) is 1.26. The molecule has 7 nitrogen and oxygen atoms in total. The fraction of sp³-hybridized carbons (Fsp3) is 0.235. The van der Waals surface area contributed by atoms with Crippen LogP contribution in [0.3, 0.4) is 0 Å². The first-order chi connectivity index (χ1) is 12.0. The van der Waals surface area contributed by atoms with Crippen molar-refractivity contribution in [2.75, 3.05) is 17.3 Å². The van der Waals surface area contributed by atoms with Crippen molar-refractivity contribution < 1.29 is 4.79 Å². The molecule has 0 aliphatic rings. The van der Waals surface area contributed by atoms with Gasteiger partial charge in [0, 0.05) is 31.7 Å². The van der Waals surface area contributed by atoms with Crippen LogP contribution in [0.5, 0.6) is 0 Å². The van der Waals surface area contributed by atoms with E-state index in [2.05, 4.69) is 24.6 Å². The summed E-state index contributed by atoms with van der Waals surface area (Å²) in [4.78, 5) is 26.3. The molecular formula is C17H18N6OS. The summed E-state index contributed by atoms with van der Waals surface area (Å²) in [7, 11) is 1.73. The van der Waals surface area contributed by atoms with Crippen LogP contribution in [-0.2, 0) is 4.79 Å². The molecule has 0 fully saturated rings. The van der Waals surface area contributed by atoms with E-state index in [9.17, 15) is 4.79 Å². The van der Waals surface area contributed by atoms with E-state index in [1.54, 1.807) is 24.3 Å². The van der Waals surface area contributed by atoms with Crippen molar-refractivity contribution >= 4 is 34.1 Å². The molecule has 8 heteroatoms. The summed E-state index contributed by atoms with van der Waals surface area (Å²) in [5.41, 5.74) is 3.41. The van der Waals surface area contributed by atoms with Gasteiger partial charge in [-0.1, -0.05) is 6.07 Å². The smallest absolute Gasteiger partial charge is 0.223 e. The number of nitrogens with zero attached hydrogens (tertiary/aromatic N) is 5. The van der Waals surface area contributed by atoms with E-state index in [0.29, 0.717) is 16.6 Å². The van der Waals surface area contributed by atoms with Crippen LogP contribution in [-0.4, -0.2) is 32.3 Å². The maximum Gasteiger partial charge on any atom is 0.223 e. The lowest BCUT2D eigenvalue weighted by Crippen LogP contribution is -2.23. The molecule has 25 heavy (non-hydrogen) atoms. The normalized spacial score (nSPS) is 10.6. The fourth-order valence-electron chi connectivity index (χ4n) is 2.29. The number of anilines is 3. The number of hydrogen-bond donors (Lipinski definition) is 1. The van der Waals surface area contributed by atoms with Gasteiger partial charge in [0.1, 0.15) is 11.5 Å². The quantitative estimate of drug-likeness (QED) is 0.773. The second kappa shape index (κ2) is 6.94. The van der Waals surface area contributed by atoms with E-state index >= 15 is 0 Å². The molecule has 0 radical (unpaired) electrons. The predicted molar refractivity (Wildman–Crippen MR) is 99.2 cm³/mol. The summed E-state index contributed by atoms with van der Waals surface area (Å²) < 4.78 is 4.36. The van der Waals surface area contributed by atoms with E-state index in [0.717, 1.165) is 22.6 Å². The molecule has 1 amide bonds. The van der Waals surface area contributed by atoms with Crippen LogP contribution in [0.25, 0.3) is 11.5 Å². The highest BCUT2D eigenvalue weighted by Gasteiger charge is 2.14. The Morgan fingerprint density at radius 2 is 2.04 bits per heavy atom. The largest absolute Gasteiger partial charge is 0.315 e. The zero-order valence-corrected chi connectivity index (χ0v) is 15.3. The number of carbonyl (C=O) groups is 1. The third kappa shape index (κ3) is 3.63. The summed E-state index contributed by atoms with van der Waals surface area (Å²) >= 11 is 1.25. The van der Waals surface area contributed by atoms with E-state index in [4.69, 9.17) is 0 Å². The molecule has 3 aromatic heterocycles. The molecule has 3 heterocycles. The maximum absolute atomic E-state index is 11.5. The molecule has 3 rings (SSSR count). The Kier molecular flexibility index (Phi) is 4.71. The molecular weight excluding hydrogens is 336 g/mol. The average molecular weight is 354 g/mol. The van der Waals surface area contributed by atoms with Crippen LogP contribution in [0.15, 0.2) is 30.6 Å². The monoisotopic (exact) mass is 354 g/mol. The van der Waals surface area contributed by atoms with Gasteiger partial charge in [-0.15, -0.1) is 0 Å². The maximum atomic E-state index is 11.5. The highest BCUT2D eigenvalue weighted by molar-refractivity contribution is 7.09. The third-order valence-corrected chi connectivity index (χ3v) is 4.44. The summed E-state index contributed by atoms with van der Waals surface area (Å²) in [5, 5.41) is 3.83. The van der Waals surface area contributed by atoms with E-state index < -0.39 is 0 Å². The Morgan fingerprint density at radius 1 is 1.24 bits per heavy atom. The van der Waals surface area contributed by atoms with Crippen molar-refractivity contribution in [3.05, 3.63) is 41.7 Å². The third-order valence-electron chi connectivity index (χ3n) is 3.81. The van der Waals surface area contributed by atoms with Gasteiger partial charge in [-0.25, -0.2) is 4.98 Å². The number of carbonyl (C=O) groups excluding carboxylic acids is 1. The number of amides is 1. The Hall–Kier alpha value is -2.87. The van der Waals surface area contributed by atoms with Crippen LogP contribution >= 0.6 is 11.5 Å². The van der Waals surface area contributed by atoms with Crippen LogP contribution in [0.4, 0.5) is 16.6 Å². The lowest BCUT2D eigenvalue weighted by atomic mass is 10.2. The predicted octanol–water partition coefficient (Wildman–Crippen LogP) is 3.34. The first-order valence-corrected chi connectivity index (χ1v) is 8.46. The number of aromatic nitrogens is 4. The van der Waals surface area contributed by atoms with Crippen LogP contribution in [0, 0.1) is 13.8 Å². The van der Waals surface area contributed by atoms with E-state index in [-0.39, 0.29) is 5.91 Å². The van der Waals surface area contributed by atoms with E-state index in [1.165, 1.54) is 18.5 Å². The minimum absolute atomic E-state index is 0.0401. The highest BCUT2D eigenvalue weighted by Crippen LogP contribution is 2.26. The number of aryl methyl sites for hydroxylation is 2. The van der Waals surface area contributed by atoms with Crippen molar-refractivity contribution in [2.24, 2.45) is 0 Å². The van der Waals surface area contributed by atoms with Crippen molar-refractivity contribution in [1.82, 2.24) is 19.3 Å². The summed E-state index contributed by atoms with van der Waals surface area (Å²) in [6.45, 7) is 5.43. The van der Waals surface area contributed by atoms with Gasteiger partial charge in [0.25, 0.3) is 0 Å². The van der Waals surface area contributed by atoms with Gasteiger partial charge in [-0.2, -0.15) is 9.36 Å². The Labute approximate surface area is 150 Å². The average Bonchev–Trinajstić information content (AvgIpc) is 3.05. The molecule has 0 aliphatic heterocycles. The minimum Gasteiger partial charge on any atom is -0.315 e. The molecule has 0 aliphatic carbocycles. The fourth-order valence-corrected chi connectivity index (χ4v) is 2.86. The van der Waals surface area contributed by atoms with E-state index in [1.807, 2.05) is 32.0 Å². The van der Waals surface area contributed by atoms with Crippen molar-refractivity contribution in [3.63, 3.8) is 0 Å². The number of nitrogens with one attached hydrogen (secondary N) is 1. The first kappa shape index (κ1) is 17.0. The van der Waals surface area contributed by atoms with Crippen LogP contribution < -0.4 is 10.2 Å². The van der Waals surface area contributed by atoms with Crippen LogP contribution in [0.1, 0.15) is 18.1 Å². The molecule has 1 N–H and O–H groups in total. The molecule has 0 unspecified atom stereocenters. The zero-order valence-electron chi connectivity index (χ0n) is 14.4. The van der Waals surface area contributed by atoms with Gasteiger partial charge in [0.2, 0.25) is 11.0 Å². The van der Waals surface area contributed by atoms with Crippen LogP contribution in [0.2, 0.25) is 0 Å². The molecule has 0 atom stereocenters. The first-order valence-electron chi connectivity index (χ1n) is 7.69. The molecule has 0 spiro atoms. The SMILES string of the molecule is CC(=O)N(C)c1cnc(-c2nsc(Nc3ncccc3C)n2)cc1C. The van der Waals surface area contributed by atoms with Gasteiger partial charge < -0.3 is 10.2 Å². The van der Waals surface area contributed by atoms with Gasteiger partial charge >= 0.3 is 0 Å². The van der Waals surface area contributed by atoms with Gasteiger partial charge in [-0.05, 0) is 37.1 Å². The molecule has 0 saturated carbocycles. The topological polar surface area (TPSA) is 83.9 Å². The standard InChI is InChI=1S/C17H18N6OS/c1-10-6-5-7-18-15(10)20-17-21-16(22-25-17)13-8-11(2)14(9-19-13)23(4)12(3)24/h5-9H,1-4H3,(H,18,20,21,22). The minimum atomic E-state index is -0.0401. The molecule has 128 valence electrons. The summed E-state index contributed by atoms with van der Waals surface area (Å²) in [6, 6.07) is 5.75. The Bertz CT molecular complexity index is 923. The van der Waals surface area contributed by atoms with Crippen molar-refractivity contribution in [3.8, 4) is 11.5 Å². The van der Waals surface area contributed by atoms with Crippen molar-refractivity contribution in [1.29, 1.82) is 0 Å². The Morgan fingerprint density at radius 3 is 2.72 bits per heavy atom. The Balaban J connectivity index is 1.84. The summed E-state index contributed by atoms with van der Waals surface area (Å²) in [6.07, 6.45) is 3.40. The zero-order chi connectivity index (χ0) is 18.0. The molecule has 0 aromatic carbocycles.